The molecule has 3 nitrogen and oxygen atoms in total. The van der Waals surface area contributed by atoms with E-state index in [4.69, 9.17) is 5.73 Å². The van der Waals surface area contributed by atoms with E-state index in [2.05, 4.69) is 21.2 Å². The number of anilines is 2. The van der Waals surface area contributed by atoms with Crippen molar-refractivity contribution in [2.45, 2.75) is 0 Å². The molecule has 20 heavy (non-hydrogen) atoms. The first-order valence-corrected chi connectivity index (χ1v) is 6.19. The van der Waals surface area contributed by atoms with Gasteiger partial charge in [-0.15, -0.1) is 0 Å². The van der Waals surface area contributed by atoms with Crippen molar-refractivity contribution in [1.29, 1.82) is 0 Å². The number of rotatable bonds is 2. The Hall–Kier alpha value is -2.02. The number of nitrogens with one attached hydrogen (secondary N) is 1. The fourth-order valence-electron chi connectivity index (χ4n) is 1.52. The second-order valence-corrected chi connectivity index (χ2v) is 4.76. The van der Waals surface area contributed by atoms with Gasteiger partial charge in [0.05, 0.1) is 5.69 Å². The van der Waals surface area contributed by atoms with E-state index < -0.39 is 29.0 Å². The minimum atomic E-state index is -1.05. The quantitative estimate of drug-likeness (QED) is 0.816. The molecule has 2 aromatic rings. The van der Waals surface area contributed by atoms with Crippen LogP contribution in [0.3, 0.4) is 0 Å². The number of hydrogen-bond acceptors (Lipinski definition) is 2. The van der Waals surface area contributed by atoms with Crippen molar-refractivity contribution in [3.05, 3.63) is 57.8 Å². The molecular formula is C13H8BrF3N2O. The highest BCUT2D eigenvalue weighted by Gasteiger charge is 2.16. The second kappa shape index (κ2) is 5.54. The van der Waals surface area contributed by atoms with Crippen LogP contribution >= 0.6 is 15.9 Å². The van der Waals surface area contributed by atoms with Crippen molar-refractivity contribution >= 4 is 33.2 Å². The first-order chi connectivity index (χ1) is 9.40. The summed E-state index contributed by atoms with van der Waals surface area (Å²) in [6.45, 7) is 0. The average Bonchev–Trinajstić information content (AvgIpc) is 2.39. The van der Waals surface area contributed by atoms with E-state index in [9.17, 15) is 18.0 Å². The van der Waals surface area contributed by atoms with Crippen LogP contribution in [0.1, 0.15) is 10.4 Å². The molecule has 0 radical (unpaired) electrons. The van der Waals surface area contributed by atoms with Crippen LogP contribution in [0.5, 0.6) is 0 Å². The Morgan fingerprint density at radius 3 is 2.25 bits per heavy atom. The zero-order valence-electron chi connectivity index (χ0n) is 9.88. The number of nitrogen functional groups attached to an aromatic ring is 1. The Labute approximate surface area is 120 Å². The number of carbonyl (C=O) groups excluding carboxylic acids is 1. The van der Waals surface area contributed by atoms with Crippen LogP contribution < -0.4 is 11.1 Å². The highest BCUT2D eigenvalue weighted by molar-refractivity contribution is 9.10. The van der Waals surface area contributed by atoms with E-state index in [1.807, 2.05) is 0 Å². The summed E-state index contributed by atoms with van der Waals surface area (Å²) in [5.41, 5.74) is 4.01. The SMILES string of the molecule is Nc1c(F)cc(C(=O)Nc2c(F)cccc2Br)cc1F. The predicted octanol–water partition coefficient (Wildman–Crippen LogP) is 3.70. The van der Waals surface area contributed by atoms with E-state index in [-0.39, 0.29) is 11.3 Å². The number of benzene rings is 2. The topological polar surface area (TPSA) is 55.1 Å². The largest absolute Gasteiger partial charge is 0.394 e. The van der Waals surface area contributed by atoms with Crippen molar-refractivity contribution in [2.75, 3.05) is 11.1 Å². The van der Waals surface area contributed by atoms with E-state index in [1.54, 1.807) is 0 Å². The highest BCUT2D eigenvalue weighted by atomic mass is 79.9. The molecule has 0 aromatic heterocycles. The third-order valence-electron chi connectivity index (χ3n) is 2.54. The maximum Gasteiger partial charge on any atom is 0.255 e. The zero-order valence-corrected chi connectivity index (χ0v) is 11.5. The molecule has 0 heterocycles. The molecule has 1 amide bonds. The fraction of sp³-hybridized carbons (Fsp3) is 0. The molecule has 0 fully saturated rings. The van der Waals surface area contributed by atoms with Gasteiger partial charge in [0.2, 0.25) is 0 Å². The van der Waals surface area contributed by atoms with Crippen LogP contribution in [0.15, 0.2) is 34.8 Å². The number of halogens is 4. The van der Waals surface area contributed by atoms with Gasteiger partial charge in [-0.1, -0.05) is 6.07 Å². The van der Waals surface area contributed by atoms with Crippen molar-refractivity contribution in [3.63, 3.8) is 0 Å². The van der Waals surface area contributed by atoms with Crippen LogP contribution in [-0.4, -0.2) is 5.91 Å². The van der Waals surface area contributed by atoms with Gasteiger partial charge in [-0.25, -0.2) is 13.2 Å². The van der Waals surface area contributed by atoms with Gasteiger partial charge in [0.25, 0.3) is 5.91 Å². The number of carbonyl (C=O) groups is 1. The van der Waals surface area contributed by atoms with Crippen molar-refractivity contribution in [3.8, 4) is 0 Å². The minimum Gasteiger partial charge on any atom is -0.394 e. The Kier molecular flexibility index (Phi) is 3.99. The Morgan fingerprint density at radius 1 is 1.10 bits per heavy atom. The smallest absolute Gasteiger partial charge is 0.255 e. The van der Waals surface area contributed by atoms with Gasteiger partial charge in [0.15, 0.2) is 0 Å². The van der Waals surface area contributed by atoms with Gasteiger partial charge in [0.1, 0.15) is 23.1 Å². The molecule has 104 valence electrons. The Balaban J connectivity index is 2.34. The predicted molar refractivity (Wildman–Crippen MR) is 72.8 cm³/mol. The lowest BCUT2D eigenvalue weighted by Crippen LogP contribution is -2.14. The molecule has 3 N–H and O–H groups in total. The molecule has 0 saturated carbocycles. The summed E-state index contributed by atoms with van der Waals surface area (Å²) in [6, 6.07) is 5.66. The van der Waals surface area contributed by atoms with Gasteiger partial charge in [-0.3, -0.25) is 4.79 Å². The zero-order chi connectivity index (χ0) is 14.9. The number of hydrogen-bond donors (Lipinski definition) is 2. The molecule has 0 atom stereocenters. The lowest BCUT2D eigenvalue weighted by atomic mass is 10.1. The van der Waals surface area contributed by atoms with Gasteiger partial charge in [0, 0.05) is 10.0 Å². The molecule has 2 rings (SSSR count). The molecule has 0 spiro atoms. The molecule has 0 aliphatic heterocycles. The minimum absolute atomic E-state index is 0.116. The lowest BCUT2D eigenvalue weighted by molar-refractivity contribution is 0.102. The molecule has 0 aliphatic carbocycles. The van der Waals surface area contributed by atoms with Gasteiger partial charge in [-0.05, 0) is 40.2 Å². The maximum absolute atomic E-state index is 13.5. The van der Waals surface area contributed by atoms with E-state index in [0.717, 1.165) is 18.2 Å². The summed E-state index contributed by atoms with van der Waals surface area (Å²) in [7, 11) is 0. The molecule has 0 saturated heterocycles. The average molecular weight is 345 g/mol. The van der Waals surface area contributed by atoms with Crippen LogP contribution in [0.4, 0.5) is 24.5 Å². The number of nitrogens with two attached hydrogens (primary N) is 1. The summed E-state index contributed by atoms with van der Waals surface area (Å²) in [6.07, 6.45) is 0. The summed E-state index contributed by atoms with van der Waals surface area (Å²) in [5.74, 6) is -3.64. The third-order valence-corrected chi connectivity index (χ3v) is 3.20. The molecular weight excluding hydrogens is 337 g/mol. The van der Waals surface area contributed by atoms with Crippen LogP contribution in [0, 0.1) is 17.5 Å². The van der Waals surface area contributed by atoms with Gasteiger partial charge in [-0.2, -0.15) is 0 Å². The molecule has 0 bridgehead atoms. The standard InChI is InChI=1S/C13H8BrF3N2O/c14-7-2-1-3-8(15)12(7)19-13(20)6-4-9(16)11(18)10(17)5-6/h1-5H,18H2,(H,19,20). The van der Waals surface area contributed by atoms with Crippen LogP contribution in [0.25, 0.3) is 0 Å². The van der Waals surface area contributed by atoms with Gasteiger partial charge >= 0.3 is 0 Å². The Morgan fingerprint density at radius 2 is 1.70 bits per heavy atom. The molecule has 2 aromatic carbocycles. The monoisotopic (exact) mass is 344 g/mol. The Bertz CT molecular complexity index is 648. The van der Waals surface area contributed by atoms with Crippen LogP contribution in [0.2, 0.25) is 0 Å². The summed E-state index contributed by atoms with van der Waals surface area (Å²) in [4.78, 5) is 11.9. The van der Waals surface area contributed by atoms with Crippen molar-refractivity contribution in [2.24, 2.45) is 0 Å². The number of amides is 1. The first-order valence-electron chi connectivity index (χ1n) is 5.40. The number of para-hydroxylation sites is 1. The first kappa shape index (κ1) is 14.4. The van der Waals surface area contributed by atoms with Gasteiger partial charge < -0.3 is 11.1 Å². The summed E-state index contributed by atoms with van der Waals surface area (Å²) in [5, 5.41) is 2.23. The third kappa shape index (κ3) is 2.77. The highest BCUT2D eigenvalue weighted by Crippen LogP contribution is 2.26. The second-order valence-electron chi connectivity index (χ2n) is 3.90. The summed E-state index contributed by atoms with van der Waals surface area (Å²) >= 11 is 3.07. The van der Waals surface area contributed by atoms with Crippen molar-refractivity contribution < 1.29 is 18.0 Å². The fourth-order valence-corrected chi connectivity index (χ4v) is 1.96. The van der Waals surface area contributed by atoms with E-state index in [1.165, 1.54) is 12.1 Å². The summed E-state index contributed by atoms with van der Waals surface area (Å²) < 4.78 is 40.4. The maximum atomic E-state index is 13.5. The van der Waals surface area contributed by atoms with Crippen molar-refractivity contribution in [1.82, 2.24) is 0 Å². The van der Waals surface area contributed by atoms with Crippen LogP contribution in [-0.2, 0) is 0 Å². The van der Waals surface area contributed by atoms with E-state index >= 15 is 0 Å². The van der Waals surface area contributed by atoms with E-state index in [0.29, 0.717) is 4.47 Å². The normalized spacial score (nSPS) is 10.4. The molecule has 0 unspecified atom stereocenters. The molecule has 7 heteroatoms. The molecule has 0 aliphatic rings. The lowest BCUT2D eigenvalue weighted by Gasteiger charge is -2.09.